The zero-order valence-corrected chi connectivity index (χ0v) is 16.6. The number of sulfonamides is 2. The van der Waals surface area contributed by atoms with Gasteiger partial charge in [0.25, 0.3) is 0 Å². The van der Waals surface area contributed by atoms with Crippen molar-refractivity contribution in [3.8, 4) is 0 Å². The molecule has 0 aromatic carbocycles. The molecule has 2 rings (SSSR count). The van der Waals surface area contributed by atoms with E-state index < -0.39 is 26.1 Å². The van der Waals surface area contributed by atoms with Gasteiger partial charge in [-0.1, -0.05) is 13.8 Å². The van der Waals surface area contributed by atoms with E-state index in [0.29, 0.717) is 17.9 Å². The molecule has 0 radical (unpaired) electrons. The predicted molar refractivity (Wildman–Crippen MR) is 91.5 cm³/mol. The first-order valence-electron chi connectivity index (χ1n) is 7.82. The molecular weight excluding hydrogens is 352 g/mol. The molecule has 0 saturated carbocycles. The summed E-state index contributed by atoms with van der Waals surface area (Å²) < 4.78 is 54.8. The minimum absolute atomic E-state index is 0.0771. The van der Waals surface area contributed by atoms with Gasteiger partial charge in [-0.25, -0.2) is 21.6 Å². The Balaban J connectivity index is 2.38. The molecule has 0 amide bonds. The van der Waals surface area contributed by atoms with Crippen LogP contribution in [0.2, 0.25) is 0 Å². The Kier molecular flexibility index (Phi) is 5.16. The van der Waals surface area contributed by atoms with Crippen LogP contribution in [0, 0.1) is 25.7 Å². The molecule has 1 fully saturated rings. The van der Waals surface area contributed by atoms with E-state index in [1.165, 1.54) is 4.31 Å². The highest BCUT2D eigenvalue weighted by atomic mass is 32.2. The van der Waals surface area contributed by atoms with Crippen LogP contribution in [-0.4, -0.2) is 56.3 Å². The lowest BCUT2D eigenvalue weighted by molar-refractivity contribution is 0.355. The fraction of sp³-hybridized carbons (Fsp3) is 0.786. The molecule has 138 valence electrons. The SMILES string of the molecule is Cc1nn(C)c(C)c1S(=O)(=O)N1C[C@@H](NS(C)(=O)=O)[C@H](C(C)C)C1. The summed E-state index contributed by atoms with van der Waals surface area (Å²) in [4.78, 5) is 0.215. The minimum atomic E-state index is -3.72. The highest BCUT2D eigenvalue weighted by Crippen LogP contribution is 2.31. The third-order valence-electron chi connectivity index (χ3n) is 4.59. The molecule has 0 unspecified atom stereocenters. The molecule has 10 heteroatoms. The van der Waals surface area contributed by atoms with Crippen molar-refractivity contribution in [3.63, 3.8) is 0 Å². The van der Waals surface area contributed by atoms with Crippen LogP contribution in [0.3, 0.4) is 0 Å². The van der Waals surface area contributed by atoms with Gasteiger partial charge in [0.1, 0.15) is 4.90 Å². The Labute approximate surface area is 144 Å². The van der Waals surface area contributed by atoms with E-state index in [9.17, 15) is 16.8 Å². The highest BCUT2D eigenvalue weighted by Gasteiger charge is 2.43. The van der Waals surface area contributed by atoms with E-state index in [1.807, 2.05) is 13.8 Å². The van der Waals surface area contributed by atoms with Gasteiger partial charge in [0.15, 0.2) is 0 Å². The Morgan fingerprint density at radius 1 is 1.17 bits per heavy atom. The first-order valence-corrected chi connectivity index (χ1v) is 11.2. The first-order chi connectivity index (χ1) is 10.8. The van der Waals surface area contributed by atoms with Crippen LogP contribution in [-0.2, 0) is 27.1 Å². The minimum Gasteiger partial charge on any atom is -0.271 e. The molecule has 1 N–H and O–H groups in total. The van der Waals surface area contributed by atoms with Gasteiger partial charge >= 0.3 is 0 Å². The van der Waals surface area contributed by atoms with Crippen LogP contribution in [0.15, 0.2) is 4.90 Å². The number of aryl methyl sites for hydroxylation is 2. The summed E-state index contributed by atoms with van der Waals surface area (Å²) in [7, 11) is -5.42. The molecule has 0 spiro atoms. The monoisotopic (exact) mass is 378 g/mol. The molecule has 1 aromatic rings. The van der Waals surface area contributed by atoms with E-state index in [4.69, 9.17) is 0 Å². The van der Waals surface area contributed by atoms with Crippen LogP contribution in [0.5, 0.6) is 0 Å². The van der Waals surface area contributed by atoms with Gasteiger partial charge in [0.05, 0.1) is 17.6 Å². The Morgan fingerprint density at radius 3 is 2.17 bits per heavy atom. The zero-order valence-electron chi connectivity index (χ0n) is 14.9. The lowest BCUT2D eigenvalue weighted by Crippen LogP contribution is -2.41. The summed E-state index contributed by atoms with van der Waals surface area (Å²) in [6.45, 7) is 7.75. The fourth-order valence-electron chi connectivity index (χ4n) is 3.32. The summed E-state index contributed by atoms with van der Waals surface area (Å²) in [6.07, 6.45) is 1.09. The molecule has 2 heterocycles. The molecule has 2 atom stereocenters. The summed E-state index contributed by atoms with van der Waals surface area (Å²) in [5.74, 6) is 0.0762. The fourth-order valence-corrected chi connectivity index (χ4v) is 6.02. The van der Waals surface area contributed by atoms with Crippen LogP contribution in [0.1, 0.15) is 25.2 Å². The standard InChI is InChI=1S/C14H26N4O4S2/c1-9(2)12-7-18(8-13(12)16-23(6,19)20)24(21,22)14-10(3)15-17(5)11(14)4/h9,12-13,16H,7-8H2,1-6H3/t12-,13+/m0/s1. The molecule has 24 heavy (non-hydrogen) atoms. The predicted octanol–water partition coefficient (Wildman–Crippen LogP) is 0.231. The van der Waals surface area contributed by atoms with Crippen molar-refractivity contribution in [2.24, 2.45) is 18.9 Å². The van der Waals surface area contributed by atoms with Crippen molar-refractivity contribution in [2.45, 2.75) is 38.6 Å². The Bertz CT molecular complexity index is 827. The van der Waals surface area contributed by atoms with E-state index in [-0.39, 0.29) is 23.3 Å². The van der Waals surface area contributed by atoms with Crippen molar-refractivity contribution in [1.82, 2.24) is 18.8 Å². The lowest BCUT2D eigenvalue weighted by atomic mass is 9.92. The van der Waals surface area contributed by atoms with Gasteiger partial charge in [-0.05, 0) is 25.7 Å². The third kappa shape index (κ3) is 3.66. The molecule has 1 aliphatic heterocycles. The average Bonchev–Trinajstić information content (AvgIpc) is 2.90. The number of nitrogens with zero attached hydrogens (tertiary/aromatic N) is 3. The summed E-state index contributed by atoms with van der Waals surface area (Å²) >= 11 is 0. The summed E-state index contributed by atoms with van der Waals surface area (Å²) in [6, 6.07) is -0.424. The summed E-state index contributed by atoms with van der Waals surface area (Å²) in [5, 5.41) is 4.18. The smallest absolute Gasteiger partial charge is 0.246 e. The van der Waals surface area contributed by atoms with Crippen LogP contribution >= 0.6 is 0 Å². The van der Waals surface area contributed by atoms with Crippen LogP contribution in [0.25, 0.3) is 0 Å². The number of aromatic nitrogens is 2. The normalized spacial score (nSPS) is 23.3. The van der Waals surface area contributed by atoms with Gasteiger partial charge in [0.2, 0.25) is 20.0 Å². The van der Waals surface area contributed by atoms with Crippen LogP contribution < -0.4 is 4.72 Å². The number of nitrogens with one attached hydrogen (secondary N) is 1. The van der Waals surface area contributed by atoms with E-state index in [2.05, 4.69) is 9.82 Å². The third-order valence-corrected chi connectivity index (χ3v) is 7.41. The van der Waals surface area contributed by atoms with Gasteiger partial charge < -0.3 is 0 Å². The van der Waals surface area contributed by atoms with Crippen molar-refractivity contribution in [1.29, 1.82) is 0 Å². The number of hydrogen-bond acceptors (Lipinski definition) is 5. The molecule has 1 saturated heterocycles. The van der Waals surface area contributed by atoms with Gasteiger partial charge in [-0.2, -0.15) is 9.40 Å². The second-order valence-corrected chi connectivity index (χ2v) is 10.5. The number of rotatable bonds is 5. The van der Waals surface area contributed by atoms with Gasteiger partial charge in [-0.3, -0.25) is 4.68 Å². The molecule has 0 aliphatic carbocycles. The second kappa shape index (κ2) is 6.40. The quantitative estimate of drug-likeness (QED) is 0.790. The van der Waals surface area contributed by atoms with Gasteiger partial charge in [0, 0.05) is 26.2 Å². The van der Waals surface area contributed by atoms with Crippen molar-refractivity contribution in [2.75, 3.05) is 19.3 Å². The lowest BCUT2D eigenvalue weighted by Gasteiger charge is -2.21. The number of hydrogen-bond donors (Lipinski definition) is 1. The molecular formula is C14H26N4O4S2. The molecule has 1 aromatic heterocycles. The largest absolute Gasteiger partial charge is 0.271 e. The van der Waals surface area contributed by atoms with Crippen molar-refractivity contribution in [3.05, 3.63) is 11.4 Å². The van der Waals surface area contributed by atoms with E-state index in [1.54, 1.807) is 25.6 Å². The summed E-state index contributed by atoms with van der Waals surface area (Å²) in [5.41, 5.74) is 1.03. The van der Waals surface area contributed by atoms with Crippen LogP contribution in [0.4, 0.5) is 0 Å². The van der Waals surface area contributed by atoms with E-state index in [0.717, 1.165) is 6.26 Å². The maximum atomic E-state index is 13.1. The second-order valence-electron chi connectivity index (χ2n) is 6.85. The zero-order chi connectivity index (χ0) is 18.4. The molecule has 1 aliphatic rings. The highest BCUT2D eigenvalue weighted by molar-refractivity contribution is 7.89. The Hall–Kier alpha value is -0.970. The first kappa shape index (κ1) is 19.4. The maximum Gasteiger partial charge on any atom is 0.246 e. The molecule has 8 nitrogen and oxygen atoms in total. The van der Waals surface area contributed by atoms with Crippen molar-refractivity contribution < 1.29 is 16.8 Å². The van der Waals surface area contributed by atoms with E-state index >= 15 is 0 Å². The average molecular weight is 379 g/mol. The van der Waals surface area contributed by atoms with Gasteiger partial charge in [-0.15, -0.1) is 0 Å². The molecule has 0 bridgehead atoms. The topological polar surface area (TPSA) is 101 Å². The maximum absolute atomic E-state index is 13.1. The Morgan fingerprint density at radius 2 is 1.75 bits per heavy atom. The van der Waals surface area contributed by atoms with Crippen molar-refractivity contribution >= 4 is 20.0 Å².